The molecule has 0 radical (unpaired) electrons. The molecule has 0 fully saturated rings. The zero-order valence-electron chi connectivity index (χ0n) is 24.8. The van der Waals surface area contributed by atoms with Crippen LogP contribution in [0.2, 0.25) is 0 Å². The van der Waals surface area contributed by atoms with Crippen LogP contribution < -0.4 is 15.4 Å². The molecule has 39 heavy (non-hydrogen) atoms. The van der Waals surface area contributed by atoms with Gasteiger partial charge in [0.1, 0.15) is 5.78 Å². The van der Waals surface area contributed by atoms with Crippen molar-refractivity contribution in [3.05, 3.63) is 0 Å². The molecule has 0 heterocycles. The zero-order valence-corrected chi connectivity index (χ0v) is 27.2. The molecule has 13 heteroatoms. The minimum Gasteiger partial charge on any atom is -0.449 e. The molecule has 0 rings (SSSR count). The van der Waals surface area contributed by atoms with Crippen molar-refractivity contribution in [2.24, 2.45) is 11.8 Å². The van der Waals surface area contributed by atoms with Crippen LogP contribution in [0.15, 0.2) is 0 Å². The van der Waals surface area contributed by atoms with Crippen molar-refractivity contribution < 1.29 is 33.3 Å². The number of ether oxygens (including phenoxy) is 4. The number of carbonyl (C=O) groups excluding carboxylic acids is 3. The molecule has 3 N–H and O–H groups in total. The Balaban J connectivity index is 3.63. The van der Waals surface area contributed by atoms with Gasteiger partial charge >= 0.3 is 6.09 Å². The fraction of sp³-hybridized carbons (Fsp3) is 0.885. The standard InChI is InChI=1S/C26H51N3O7S3/c1-20(2)18-36-25(32)28-9-11-34-13-15-35-14-12-33-10-8-27-24(31)16-26(6,7)38-22(5)19-37-39-29-17-23(30)21(3)4/h20-22,29H,8-19H2,1-7H3,(H,27,31)(H,28,32). The van der Waals surface area contributed by atoms with Crippen LogP contribution in [0.5, 0.6) is 0 Å². The summed E-state index contributed by atoms with van der Waals surface area (Å²) in [5.74, 6) is 1.49. The monoisotopic (exact) mass is 613 g/mol. The average Bonchev–Trinajstić information content (AvgIpc) is 2.84. The highest BCUT2D eigenvalue weighted by atomic mass is 33.1. The number of thioether (sulfide) groups is 1. The SMILES string of the molecule is CC(C)COC(=O)NCCOCCOCCOCCNC(=O)CC(C)(C)SC(C)CSSNCC(=O)C(C)C. The van der Waals surface area contributed by atoms with Crippen LogP contribution in [0.3, 0.4) is 0 Å². The van der Waals surface area contributed by atoms with E-state index in [1.165, 1.54) is 11.0 Å². The van der Waals surface area contributed by atoms with Crippen LogP contribution in [0.1, 0.15) is 54.9 Å². The van der Waals surface area contributed by atoms with Gasteiger partial charge in [-0.25, -0.2) is 9.52 Å². The predicted molar refractivity (Wildman–Crippen MR) is 163 cm³/mol. The fourth-order valence-corrected chi connectivity index (χ4v) is 6.69. The Morgan fingerprint density at radius 3 is 1.95 bits per heavy atom. The van der Waals surface area contributed by atoms with Gasteiger partial charge in [-0.1, -0.05) is 59.3 Å². The van der Waals surface area contributed by atoms with Gasteiger partial charge in [0.2, 0.25) is 5.91 Å². The van der Waals surface area contributed by atoms with E-state index < -0.39 is 6.09 Å². The first-order valence-corrected chi connectivity index (χ1v) is 16.7. The smallest absolute Gasteiger partial charge is 0.407 e. The molecule has 0 aliphatic rings. The van der Waals surface area contributed by atoms with Crippen LogP contribution in [0, 0.1) is 11.8 Å². The Morgan fingerprint density at radius 1 is 0.821 bits per heavy atom. The second kappa shape index (κ2) is 24.0. The van der Waals surface area contributed by atoms with Crippen LogP contribution in [-0.2, 0) is 28.5 Å². The third-order valence-electron chi connectivity index (χ3n) is 4.79. The highest BCUT2D eigenvalue weighted by molar-refractivity contribution is 8.76. The van der Waals surface area contributed by atoms with Crippen LogP contribution >= 0.6 is 33.5 Å². The van der Waals surface area contributed by atoms with Gasteiger partial charge in [-0.3, -0.25) is 9.59 Å². The summed E-state index contributed by atoms with van der Waals surface area (Å²) in [5.41, 5.74) is 0. The van der Waals surface area contributed by atoms with Gasteiger partial charge in [0.25, 0.3) is 0 Å². The largest absolute Gasteiger partial charge is 0.449 e. The lowest BCUT2D eigenvalue weighted by atomic mass is 10.1. The molecule has 1 atom stereocenters. The van der Waals surface area contributed by atoms with Crippen LogP contribution in [0.25, 0.3) is 0 Å². The molecule has 0 saturated heterocycles. The summed E-state index contributed by atoms with van der Waals surface area (Å²) < 4.78 is 24.3. The lowest BCUT2D eigenvalue weighted by Gasteiger charge is -2.27. The molecule has 0 aromatic carbocycles. The summed E-state index contributed by atoms with van der Waals surface area (Å²) in [6.45, 7) is 18.3. The van der Waals surface area contributed by atoms with Gasteiger partial charge in [-0.15, -0.1) is 0 Å². The minimum atomic E-state index is -0.430. The fourth-order valence-electron chi connectivity index (χ4n) is 2.87. The Labute approximate surface area is 247 Å². The highest BCUT2D eigenvalue weighted by Gasteiger charge is 2.25. The summed E-state index contributed by atoms with van der Waals surface area (Å²) in [6, 6.07) is 0. The number of ketones is 1. The van der Waals surface area contributed by atoms with Gasteiger partial charge < -0.3 is 29.6 Å². The number of nitrogens with one attached hydrogen (secondary N) is 3. The molecule has 0 aromatic rings. The molecular formula is C26H51N3O7S3. The van der Waals surface area contributed by atoms with Crippen molar-refractivity contribution in [1.29, 1.82) is 0 Å². The van der Waals surface area contributed by atoms with Gasteiger partial charge in [0.15, 0.2) is 0 Å². The number of hydrogen-bond acceptors (Lipinski definition) is 11. The van der Waals surface area contributed by atoms with E-state index in [4.69, 9.17) is 18.9 Å². The number of amides is 2. The molecule has 0 aliphatic carbocycles. The average molecular weight is 614 g/mol. The summed E-state index contributed by atoms with van der Waals surface area (Å²) in [5, 5.41) is 5.91. The Bertz CT molecular complexity index is 671. The summed E-state index contributed by atoms with van der Waals surface area (Å²) >= 11 is 1.79. The van der Waals surface area contributed by atoms with E-state index in [-0.39, 0.29) is 22.4 Å². The predicted octanol–water partition coefficient (Wildman–Crippen LogP) is 3.94. The van der Waals surface area contributed by atoms with Crippen LogP contribution in [0.4, 0.5) is 4.79 Å². The van der Waals surface area contributed by atoms with Crippen molar-refractivity contribution in [3.8, 4) is 0 Å². The van der Waals surface area contributed by atoms with Crippen molar-refractivity contribution in [3.63, 3.8) is 0 Å². The second-order valence-corrected chi connectivity index (χ2v) is 14.7. The Morgan fingerprint density at radius 2 is 1.38 bits per heavy atom. The second-order valence-electron chi connectivity index (χ2n) is 10.3. The molecule has 0 aliphatic heterocycles. The molecule has 2 amide bonds. The van der Waals surface area contributed by atoms with Gasteiger partial charge in [0, 0.05) is 41.2 Å². The number of rotatable bonds is 25. The molecule has 0 saturated carbocycles. The summed E-state index contributed by atoms with van der Waals surface area (Å²) in [4.78, 5) is 35.3. The zero-order chi connectivity index (χ0) is 29.5. The number of hydrogen-bond donors (Lipinski definition) is 3. The normalized spacial score (nSPS) is 12.5. The van der Waals surface area contributed by atoms with E-state index >= 15 is 0 Å². The van der Waals surface area contributed by atoms with Crippen molar-refractivity contribution in [2.45, 2.75) is 64.9 Å². The van der Waals surface area contributed by atoms with Crippen LogP contribution in [-0.4, -0.2) is 99.4 Å². The first-order chi connectivity index (χ1) is 18.4. The first kappa shape index (κ1) is 38.3. The van der Waals surface area contributed by atoms with Crippen molar-refractivity contribution in [1.82, 2.24) is 15.4 Å². The third kappa shape index (κ3) is 26.0. The maximum atomic E-state index is 12.3. The minimum absolute atomic E-state index is 0.00951. The molecule has 1 unspecified atom stereocenters. The third-order valence-corrected chi connectivity index (χ3v) is 8.49. The van der Waals surface area contributed by atoms with Gasteiger partial charge in [0.05, 0.1) is 52.8 Å². The van der Waals surface area contributed by atoms with Gasteiger partial charge in [-0.05, 0) is 16.9 Å². The molecule has 0 spiro atoms. The van der Waals surface area contributed by atoms with E-state index in [0.717, 1.165) is 5.75 Å². The maximum absolute atomic E-state index is 12.3. The lowest BCUT2D eigenvalue weighted by molar-refractivity contribution is -0.122. The quantitative estimate of drug-likeness (QED) is 0.0788. The van der Waals surface area contributed by atoms with E-state index in [1.54, 1.807) is 22.6 Å². The number of alkyl carbamates (subject to hydrolysis) is 1. The van der Waals surface area contributed by atoms with E-state index in [1.807, 2.05) is 27.7 Å². The number of Topliss-reactive ketones (excluding diaryl/α,β-unsaturated/α-hetero) is 1. The molecule has 230 valence electrons. The Kier molecular flexibility index (Phi) is 23.5. The van der Waals surface area contributed by atoms with Crippen molar-refractivity contribution >= 4 is 51.3 Å². The van der Waals surface area contributed by atoms with E-state index in [0.29, 0.717) is 83.5 Å². The first-order valence-electron chi connectivity index (χ1n) is 13.5. The summed E-state index contributed by atoms with van der Waals surface area (Å²) in [6.07, 6.45) is -0.00104. The maximum Gasteiger partial charge on any atom is 0.407 e. The molecule has 10 nitrogen and oxygen atoms in total. The lowest BCUT2D eigenvalue weighted by Crippen LogP contribution is -2.33. The van der Waals surface area contributed by atoms with E-state index in [2.05, 4.69) is 36.1 Å². The van der Waals surface area contributed by atoms with E-state index in [9.17, 15) is 14.4 Å². The number of carbonyl (C=O) groups is 3. The molecular weight excluding hydrogens is 563 g/mol. The topological polar surface area (TPSA) is 124 Å². The molecule has 0 aromatic heterocycles. The van der Waals surface area contributed by atoms with Gasteiger partial charge in [-0.2, -0.15) is 11.8 Å². The van der Waals surface area contributed by atoms with Crippen molar-refractivity contribution in [2.75, 3.05) is 71.6 Å². The highest BCUT2D eigenvalue weighted by Crippen LogP contribution is 2.34. The molecule has 0 bridgehead atoms. The Hall–Kier alpha value is -0.700. The summed E-state index contributed by atoms with van der Waals surface area (Å²) in [7, 11) is 3.19.